The molecule has 0 aliphatic heterocycles. The van der Waals surface area contributed by atoms with Crippen molar-refractivity contribution in [1.29, 1.82) is 0 Å². The highest BCUT2D eigenvalue weighted by molar-refractivity contribution is 9.10. The van der Waals surface area contributed by atoms with Crippen LogP contribution in [0.5, 0.6) is 0 Å². The molecule has 1 fully saturated rings. The Morgan fingerprint density at radius 3 is 2.29 bits per heavy atom. The van der Waals surface area contributed by atoms with E-state index in [1.165, 1.54) is 6.07 Å². The number of carbonyl (C=O) groups is 1. The summed E-state index contributed by atoms with van der Waals surface area (Å²) < 4.78 is 28.3. The van der Waals surface area contributed by atoms with E-state index in [9.17, 15) is 13.6 Å². The lowest BCUT2D eigenvalue weighted by atomic mass is 9.60. The van der Waals surface area contributed by atoms with Crippen LogP contribution in [0.2, 0.25) is 0 Å². The van der Waals surface area contributed by atoms with E-state index in [1.54, 1.807) is 0 Å². The van der Waals surface area contributed by atoms with Crippen LogP contribution in [0.1, 0.15) is 35.2 Å². The second-order valence-electron chi connectivity index (χ2n) is 5.35. The first-order valence-electron chi connectivity index (χ1n) is 6.80. The third-order valence-electron chi connectivity index (χ3n) is 4.24. The summed E-state index contributed by atoms with van der Waals surface area (Å²) in [5.74, 6) is -2.08. The minimum Gasteiger partial charge on any atom is -0.293 e. The van der Waals surface area contributed by atoms with Crippen LogP contribution in [0, 0.1) is 11.6 Å². The zero-order chi connectivity index (χ0) is 15.0. The summed E-state index contributed by atoms with van der Waals surface area (Å²) in [7, 11) is 0. The summed E-state index contributed by atoms with van der Waals surface area (Å²) in [6.45, 7) is 0. The summed E-state index contributed by atoms with van der Waals surface area (Å²) >= 11 is 3.02. The Labute approximate surface area is 130 Å². The fraction of sp³-hybridized carbons (Fsp3) is 0.235. The van der Waals surface area contributed by atoms with Crippen LogP contribution in [0.4, 0.5) is 8.78 Å². The largest absolute Gasteiger partial charge is 0.293 e. The number of ketones is 1. The fourth-order valence-electron chi connectivity index (χ4n) is 2.91. The van der Waals surface area contributed by atoms with Crippen LogP contribution in [0.15, 0.2) is 46.9 Å². The van der Waals surface area contributed by atoms with E-state index in [0.29, 0.717) is 12.8 Å². The molecule has 0 N–H and O–H groups in total. The van der Waals surface area contributed by atoms with Gasteiger partial charge in [0.15, 0.2) is 11.6 Å². The Morgan fingerprint density at radius 1 is 1.05 bits per heavy atom. The third-order valence-corrected chi connectivity index (χ3v) is 4.85. The second-order valence-corrected chi connectivity index (χ2v) is 6.20. The molecule has 0 aromatic heterocycles. The molecule has 0 bridgehead atoms. The maximum atomic E-state index is 14.2. The van der Waals surface area contributed by atoms with E-state index in [1.807, 2.05) is 30.3 Å². The molecule has 0 atom stereocenters. The van der Waals surface area contributed by atoms with Crippen LogP contribution >= 0.6 is 15.9 Å². The molecule has 2 aromatic rings. The average molecular weight is 351 g/mol. The predicted octanol–water partition coefficient (Wildman–Crippen LogP) is 5.03. The van der Waals surface area contributed by atoms with Gasteiger partial charge in [-0.25, -0.2) is 8.78 Å². The maximum Gasteiger partial charge on any atom is 0.179 e. The highest BCUT2D eigenvalue weighted by Gasteiger charge is 2.47. The van der Waals surface area contributed by atoms with Crippen molar-refractivity contribution in [2.45, 2.75) is 24.7 Å². The Hall–Kier alpha value is -1.55. The van der Waals surface area contributed by atoms with E-state index in [0.717, 1.165) is 18.1 Å². The van der Waals surface area contributed by atoms with Crippen molar-refractivity contribution >= 4 is 21.7 Å². The molecule has 0 spiro atoms. The number of Topliss-reactive ketones (excluding diaryl/α,β-unsaturated/α-hetero) is 1. The van der Waals surface area contributed by atoms with E-state index < -0.39 is 28.4 Å². The highest BCUT2D eigenvalue weighted by atomic mass is 79.9. The highest BCUT2D eigenvalue weighted by Crippen LogP contribution is 2.47. The third kappa shape index (κ3) is 2.22. The van der Waals surface area contributed by atoms with Gasteiger partial charge in [0.25, 0.3) is 0 Å². The Kier molecular flexibility index (Phi) is 3.66. The molecule has 0 radical (unpaired) electrons. The number of halogens is 3. The Balaban J connectivity index is 2.12. The van der Waals surface area contributed by atoms with E-state index in [-0.39, 0.29) is 4.47 Å². The molecule has 1 aliphatic rings. The summed E-state index contributed by atoms with van der Waals surface area (Å²) in [6.07, 6.45) is 2.14. The minimum absolute atomic E-state index is 0.106. The van der Waals surface area contributed by atoms with Crippen LogP contribution in [0.25, 0.3) is 0 Å². The average Bonchev–Trinajstić information content (AvgIpc) is 2.43. The number of hydrogen-bond acceptors (Lipinski definition) is 1. The molecular formula is C17H13BrF2O. The van der Waals surface area contributed by atoms with E-state index >= 15 is 0 Å². The zero-order valence-corrected chi connectivity index (χ0v) is 12.8. The molecule has 1 saturated carbocycles. The van der Waals surface area contributed by atoms with Gasteiger partial charge in [-0.2, -0.15) is 0 Å². The van der Waals surface area contributed by atoms with E-state index in [2.05, 4.69) is 15.9 Å². The van der Waals surface area contributed by atoms with Gasteiger partial charge in [0.1, 0.15) is 5.82 Å². The van der Waals surface area contributed by atoms with Crippen LogP contribution in [0.3, 0.4) is 0 Å². The maximum absolute atomic E-state index is 14.2. The number of rotatable bonds is 3. The van der Waals surface area contributed by atoms with Crippen molar-refractivity contribution in [2.75, 3.05) is 0 Å². The molecule has 1 aliphatic carbocycles. The molecule has 21 heavy (non-hydrogen) atoms. The normalized spacial score (nSPS) is 16.3. The van der Waals surface area contributed by atoms with Crippen molar-refractivity contribution in [2.24, 2.45) is 0 Å². The molecule has 0 unspecified atom stereocenters. The van der Waals surface area contributed by atoms with Gasteiger partial charge in [0.2, 0.25) is 0 Å². The molecule has 2 aromatic carbocycles. The first-order valence-corrected chi connectivity index (χ1v) is 7.59. The first-order chi connectivity index (χ1) is 10.1. The standard InChI is InChI=1S/C17H13BrF2O/c18-12-7-8-13(19)14(15(12)20)16(21)17(9-4-10-17)11-5-2-1-3-6-11/h1-3,5-8H,4,9-10H2. The molecule has 108 valence electrons. The summed E-state index contributed by atoms with van der Waals surface area (Å²) in [5.41, 5.74) is -0.392. The number of hydrogen-bond donors (Lipinski definition) is 0. The smallest absolute Gasteiger partial charge is 0.179 e. The Bertz CT molecular complexity index is 693. The second kappa shape index (κ2) is 5.34. The van der Waals surface area contributed by atoms with Gasteiger partial charge in [-0.15, -0.1) is 0 Å². The Morgan fingerprint density at radius 2 is 1.71 bits per heavy atom. The van der Waals surface area contributed by atoms with Crippen molar-refractivity contribution in [1.82, 2.24) is 0 Å². The van der Waals surface area contributed by atoms with Gasteiger partial charge in [0, 0.05) is 0 Å². The zero-order valence-electron chi connectivity index (χ0n) is 11.2. The van der Waals surface area contributed by atoms with Gasteiger partial charge >= 0.3 is 0 Å². The van der Waals surface area contributed by atoms with Gasteiger partial charge in [-0.3, -0.25) is 4.79 Å². The number of benzene rings is 2. The quantitative estimate of drug-likeness (QED) is 0.560. The van der Waals surface area contributed by atoms with Crippen molar-refractivity contribution in [3.63, 3.8) is 0 Å². The van der Waals surface area contributed by atoms with Crippen molar-refractivity contribution < 1.29 is 13.6 Å². The summed E-state index contributed by atoms with van der Waals surface area (Å²) in [4.78, 5) is 12.8. The molecule has 0 heterocycles. The topological polar surface area (TPSA) is 17.1 Å². The van der Waals surface area contributed by atoms with E-state index in [4.69, 9.17) is 0 Å². The minimum atomic E-state index is -0.817. The van der Waals surface area contributed by atoms with Gasteiger partial charge in [0.05, 0.1) is 15.5 Å². The van der Waals surface area contributed by atoms with Gasteiger partial charge in [-0.05, 0) is 46.5 Å². The van der Waals surface area contributed by atoms with Crippen LogP contribution in [-0.2, 0) is 5.41 Å². The van der Waals surface area contributed by atoms with Crippen molar-refractivity contribution in [3.8, 4) is 0 Å². The SMILES string of the molecule is O=C(c1c(F)ccc(Br)c1F)C1(c2ccccc2)CCC1. The predicted molar refractivity (Wildman–Crippen MR) is 80.4 cm³/mol. The first kappa shape index (κ1) is 14.4. The monoisotopic (exact) mass is 350 g/mol. The fourth-order valence-corrected chi connectivity index (χ4v) is 3.24. The lowest BCUT2D eigenvalue weighted by molar-refractivity contribution is 0.0779. The van der Waals surface area contributed by atoms with Crippen molar-refractivity contribution in [3.05, 3.63) is 69.7 Å². The molecule has 1 nitrogen and oxygen atoms in total. The summed E-state index contributed by atoms with van der Waals surface area (Å²) in [6, 6.07) is 11.7. The molecule has 3 rings (SSSR count). The summed E-state index contributed by atoms with van der Waals surface area (Å²) in [5, 5.41) is 0. The molecule has 0 amide bonds. The molecule has 0 saturated heterocycles. The molecule has 4 heteroatoms. The van der Waals surface area contributed by atoms with Gasteiger partial charge < -0.3 is 0 Å². The lowest BCUT2D eigenvalue weighted by Gasteiger charge is -2.41. The number of carbonyl (C=O) groups excluding carboxylic acids is 1. The van der Waals surface area contributed by atoms with Crippen LogP contribution in [-0.4, -0.2) is 5.78 Å². The lowest BCUT2D eigenvalue weighted by Crippen LogP contribution is -2.43. The van der Waals surface area contributed by atoms with Crippen LogP contribution < -0.4 is 0 Å². The van der Waals surface area contributed by atoms with Gasteiger partial charge in [-0.1, -0.05) is 36.8 Å². The molecular weight excluding hydrogens is 338 g/mol.